The fraction of sp³-hybridized carbons (Fsp3) is 0.529. The van der Waals surface area contributed by atoms with Gasteiger partial charge in [0, 0.05) is 43.1 Å². The zero-order chi connectivity index (χ0) is 15.4. The smallest absolute Gasteiger partial charge is 0.246 e. The highest BCUT2D eigenvalue weighted by atomic mass is 32.1. The molecule has 1 aromatic heterocycles. The molecule has 22 heavy (non-hydrogen) atoms. The minimum absolute atomic E-state index is 0.0429. The lowest BCUT2D eigenvalue weighted by Gasteiger charge is -2.35. The molecule has 118 valence electrons. The van der Waals surface area contributed by atoms with Crippen molar-refractivity contribution in [1.82, 2.24) is 9.80 Å². The normalized spacial score (nSPS) is 20.0. The summed E-state index contributed by atoms with van der Waals surface area (Å²) in [7, 11) is 0. The minimum Gasteiger partial charge on any atom is -0.339 e. The summed E-state index contributed by atoms with van der Waals surface area (Å²) in [5.74, 6) is 0.584. The molecular formula is C17H22N2O2S. The Bertz CT molecular complexity index is 539. The van der Waals surface area contributed by atoms with Crippen molar-refractivity contribution in [1.29, 1.82) is 0 Å². The Morgan fingerprint density at radius 1 is 1.09 bits per heavy atom. The van der Waals surface area contributed by atoms with Gasteiger partial charge in [-0.15, -0.1) is 11.3 Å². The third-order valence-corrected chi connectivity index (χ3v) is 5.38. The van der Waals surface area contributed by atoms with Crippen LogP contribution in [0, 0.1) is 5.92 Å². The molecule has 4 nitrogen and oxygen atoms in total. The molecule has 0 bridgehead atoms. The number of carbonyl (C=O) groups excluding carboxylic acids is 2. The average Bonchev–Trinajstić information content (AvgIpc) is 3.25. The molecule has 5 heteroatoms. The van der Waals surface area contributed by atoms with E-state index in [2.05, 4.69) is 0 Å². The van der Waals surface area contributed by atoms with Gasteiger partial charge in [0.15, 0.2) is 0 Å². The Balaban J connectivity index is 1.48. The van der Waals surface area contributed by atoms with Crippen molar-refractivity contribution < 1.29 is 9.59 Å². The van der Waals surface area contributed by atoms with Gasteiger partial charge in [0.05, 0.1) is 0 Å². The predicted molar refractivity (Wildman–Crippen MR) is 88.5 cm³/mol. The molecule has 1 aromatic rings. The second kappa shape index (κ2) is 7.09. The van der Waals surface area contributed by atoms with Crippen LogP contribution in [0.25, 0.3) is 6.08 Å². The fourth-order valence-corrected chi connectivity index (χ4v) is 3.84. The van der Waals surface area contributed by atoms with E-state index in [0.29, 0.717) is 32.1 Å². The first-order valence-corrected chi connectivity index (χ1v) is 8.91. The van der Waals surface area contributed by atoms with Gasteiger partial charge in [-0.3, -0.25) is 9.59 Å². The van der Waals surface area contributed by atoms with Crippen molar-refractivity contribution in [3.8, 4) is 0 Å². The van der Waals surface area contributed by atoms with Gasteiger partial charge in [-0.05, 0) is 30.4 Å². The van der Waals surface area contributed by atoms with Crippen molar-refractivity contribution in [2.45, 2.75) is 25.7 Å². The first-order valence-electron chi connectivity index (χ1n) is 8.03. The number of carbonyl (C=O) groups is 2. The molecule has 2 aliphatic rings. The Morgan fingerprint density at radius 3 is 2.41 bits per heavy atom. The Morgan fingerprint density at radius 2 is 1.77 bits per heavy atom. The molecule has 2 amide bonds. The summed E-state index contributed by atoms with van der Waals surface area (Å²) in [6.45, 7) is 2.64. The van der Waals surface area contributed by atoms with E-state index in [0.717, 1.165) is 17.7 Å². The highest BCUT2D eigenvalue weighted by molar-refractivity contribution is 7.10. The monoisotopic (exact) mass is 318 g/mol. The van der Waals surface area contributed by atoms with Gasteiger partial charge in [-0.2, -0.15) is 0 Å². The second-order valence-corrected chi connectivity index (χ2v) is 6.96. The van der Waals surface area contributed by atoms with Crippen LogP contribution in [0.3, 0.4) is 0 Å². The van der Waals surface area contributed by atoms with Crippen LogP contribution < -0.4 is 0 Å². The number of thiophene rings is 1. The van der Waals surface area contributed by atoms with Crippen molar-refractivity contribution in [2.75, 3.05) is 26.2 Å². The lowest BCUT2D eigenvalue weighted by molar-refractivity contribution is -0.140. The predicted octanol–water partition coefficient (Wildman–Crippen LogP) is 2.62. The van der Waals surface area contributed by atoms with E-state index in [9.17, 15) is 9.59 Å². The molecule has 1 saturated heterocycles. The standard InChI is InChI=1S/C17H22N2O2S/c20-16(8-7-15-6-3-13-22-15)18-9-11-19(12-10-18)17(21)14-4-1-2-5-14/h3,6-8,13-14H,1-2,4-5,9-12H2/b8-7+. The maximum Gasteiger partial charge on any atom is 0.246 e. The fourth-order valence-electron chi connectivity index (χ4n) is 3.22. The molecule has 1 aliphatic heterocycles. The van der Waals surface area contributed by atoms with Crippen molar-refractivity contribution >= 4 is 29.2 Å². The number of hydrogen-bond acceptors (Lipinski definition) is 3. The van der Waals surface area contributed by atoms with Crippen LogP contribution in [-0.2, 0) is 9.59 Å². The molecule has 1 aliphatic carbocycles. The van der Waals surface area contributed by atoms with Gasteiger partial charge in [-0.25, -0.2) is 0 Å². The molecule has 0 atom stereocenters. The number of rotatable bonds is 3. The van der Waals surface area contributed by atoms with E-state index in [-0.39, 0.29) is 11.8 Å². The average molecular weight is 318 g/mol. The number of nitrogens with zero attached hydrogens (tertiary/aromatic N) is 2. The maximum atomic E-state index is 12.4. The third-order valence-electron chi connectivity index (χ3n) is 4.54. The highest BCUT2D eigenvalue weighted by Gasteiger charge is 2.29. The van der Waals surface area contributed by atoms with E-state index >= 15 is 0 Å². The van der Waals surface area contributed by atoms with Crippen LogP contribution in [0.1, 0.15) is 30.6 Å². The maximum absolute atomic E-state index is 12.4. The van der Waals surface area contributed by atoms with E-state index < -0.39 is 0 Å². The van der Waals surface area contributed by atoms with Crippen LogP contribution in [-0.4, -0.2) is 47.8 Å². The molecule has 2 fully saturated rings. The SMILES string of the molecule is O=C(/C=C/c1cccs1)N1CCN(C(=O)C2CCCC2)CC1. The number of hydrogen-bond donors (Lipinski definition) is 0. The molecule has 0 aromatic carbocycles. The van der Waals surface area contributed by atoms with E-state index in [1.54, 1.807) is 17.4 Å². The Labute approximate surface area is 135 Å². The van der Waals surface area contributed by atoms with Crippen molar-refractivity contribution in [2.24, 2.45) is 5.92 Å². The zero-order valence-corrected chi connectivity index (χ0v) is 13.6. The summed E-state index contributed by atoms with van der Waals surface area (Å²) in [6.07, 6.45) is 7.96. The summed E-state index contributed by atoms with van der Waals surface area (Å²) in [5, 5.41) is 2.00. The zero-order valence-electron chi connectivity index (χ0n) is 12.7. The first-order chi connectivity index (χ1) is 10.7. The molecule has 0 radical (unpaired) electrons. The molecule has 0 unspecified atom stereocenters. The first kappa shape index (κ1) is 15.3. The molecule has 0 N–H and O–H groups in total. The quantitative estimate of drug-likeness (QED) is 0.804. The molecule has 0 spiro atoms. The van der Waals surface area contributed by atoms with Crippen molar-refractivity contribution in [3.05, 3.63) is 28.5 Å². The Kier molecular flexibility index (Phi) is 4.93. The summed E-state index contributed by atoms with van der Waals surface area (Å²) < 4.78 is 0. The van der Waals surface area contributed by atoms with E-state index in [1.807, 2.05) is 33.4 Å². The van der Waals surface area contributed by atoms with Gasteiger partial charge in [0.1, 0.15) is 0 Å². The van der Waals surface area contributed by atoms with Crippen molar-refractivity contribution in [3.63, 3.8) is 0 Å². The van der Waals surface area contributed by atoms with Crippen LogP contribution in [0.15, 0.2) is 23.6 Å². The topological polar surface area (TPSA) is 40.6 Å². The number of amides is 2. The summed E-state index contributed by atoms with van der Waals surface area (Å²) in [5.41, 5.74) is 0. The third kappa shape index (κ3) is 3.58. The minimum atomic E-state index is 0.0429. The van der Waals surface area contributed by atoms with E-state index in [1.165, 1.54) is 12.8 Å². The van der Waals surface area contributed by atoms with Crippen LogP contribution >= 0.6 is 11.3 Å². The summed E-state index contributed by atoms with van der Waals surface area (Å²) in [4.78, 5) is 29.4. The van der Waals surface area contributed by atoms with Gasteiger partial charge < -0.3 is 9.80 Å². The van der Waals surface area contributed by atoms with Gasteiger partial charge in [0.25, 0.3) is 0 Å². The molecular weight excluding hydrogens is 296 g/mol. The lowest BCUT2D eigenvalue weighted by Crippen LogP contribution is -2.51. The largest absolute Gasteiger partial charge is 0.339 e. The van der Waals surface area contributed by atoms with E-state index in [4.69, 9.17) is 0 Å². The van der Waals surface area contributed by atoms with Crippen LogP contribution in [0.4, 0.5) is 0 Å². The Hall–Kier alpha value is -1.62. The molecule has 1 saturated carbocycles. The van der Waals surface area contributed by atoms with Gasteiger partial charge >= 0.3 is 0 Å². The van der Waals surface area contributed by atoms with Gasteiger partial charge in [0.2, 0.25) is 11.8 Å². The van der Waals surface area contributed by atoms with Gasteiger partial charge in [-0.1, -0.05) is 18.9 Å². The van der Waals surface area contributed by atoms with Crippen LogP contribution in [0.2, 0.25) is 0 Å². The van der Waals surface area contributed by atoms with Crippen LogP contribution in [0.5, 0.6) is 0 Å². The second-order valence-electron chi connectivity index (χ2n) is 5.98. The molecule has 2 heterocycles. The molecule has 3 rings (SSSR count). The summed E-state index contributed by atoms with van der Waals surface area (Å²) >= 11 is 1.62. The summed E-state index contributed by atoms with van der Waals surface area (Å²) in [6, 6.07) is 3.97. The lowest BCUT2D eigenvalue weighted by atomic mass is 10.1. The number of piperazine rings is 1. The highest BCUT2D eigenvalue weighted by Crippen LogP contribution is 2.26.